The van der Waals surface area contributed by atoms with E-state index in [1.54, 1.807) is 13.8 Å². The molecular weight excluding hydrogens is 487 g/mol. The molecule has 3 rings (SSSR count). The molecule has 10 nitrogen and oxygen atoms in total. The molecule has 186 valence electrons. The van der Waals surface area contributed by atoms with Crippen LogP contribution in [0.2, 0.25) is 5.02 Å². The second-order valence-corrected chi connectivity index (χ2v) is 8.13. The smallest absolute Gasteiger partial charge is 0.430 e. The van der Waals surface area contributed by atoms with Crippen molar-refractivity contribution < 1.29 is 47.1 Å². The maximum absolute atomic E-state index is 13.6. The lowest BCUT2D eigenvalue weighted by Gasteiger charge is -2.29. The lowest BCUT2D eigenvalue weighted by Crippen LogP contribution is -2.41. The molecule has 2 aliphatic rings. The Balaban J connectivity index is 1.79. The molecule has 1 N–H and O–H groups in total. The van der Waals surface area contributed by atoms with Gasteiger partial charge in [0.25, 0.3) is 6.29 Å². The van der Waals surface area contributed by atoms with Gasteiger partial charge in [0.05, 0.1) is 17.1 Å². The SMILES string of the molecule is Cc1cc2c(c(C)c1Cl)C=C(C(=O)OC(C)O/N=[N+](\[O-])N1CCC[C@H]1C(=O)O)[C@@H](C(F)(F)F)O2. The Kier molecular flexibility index (Phi) is 7.15. The Morgan fingerprint density at radius 2 is 2.09 bits per heavy atom. The molecule has 1 aromatic carbocycles. The first-order chi connectivity index (χ1) is 15.8. The van der Waals surface area contributed by atoms with Crippen molar-refractivity contribution in [2.75, 3.05) is 6.54 Å². The Labute approximate surface area is 196 Å². The molecule has 0 aliphatic carbocycles. The molecule has 14 heteroatoms. The second kappa shape index (κ2) is 9.57. The number of hydrazine groups is 1. The Morgan fingerprint density at radius 3 is 2.71 bits per heavy atom. The van der Waals surface area contributed by atoms with Crippen LogP contribution in [0.1, 0.15) is 36.5 Å². The van der Waals surface area contributed by atoms with Gasteiger partial charge in [-0.05, 0) is 50.0 Å². The van der Waals surface area contributed by atoms with Gasteiger partial charge in [-0.25, -0.2) is 9.59 Å². The van der Waals surface area contributed by atoms with Crippen molar-refractivity contribution in [3.63, 3.8) is 0 Å². The van der Waals surface area contributed by atoms with Crippen LogP contribution in [0.25, 0.3) is 6.08 Å². The molecular formula is C20H21ClF3N3O7. The van der Waals surface area contributed by atoms with E-state index in [0.717, 1.165) is 18.0 Å². The number of ether oxygens (including phenoxy) is 2. The summed E-state index contributed by atoms with van der Waals surface area (Å²) in [6.45, 7) is 4.42. The van der Waals surface area contributed by atoms with Crippen molar-refractivity contribution in [3.8, 4) is 5.75 Å². The molecule has 0 radical (unpaired) electrons. The van der Waals surface area contributed by atoms with Crippen molar-refractivity contribution in [1.29, 1.82) is 0 Å². The van der Waals surface area contributed by atoms with E-state index in [1.165, 1.54) is 6.07 Å². The summed E-state index contributed by atoms with van der Waals surface area (Å²) in [6.07, 6.45) is -7.46. The standard InChI is InChI=1S/C20H21ClF3N3O7/c1-9-7-15-12(10(2)16(9)21)8-13(17(33-15)20(22,23)24)19(30)32-11(3)34-25-27(31)26-6-4-5-14(26)18(28)29/h7-8,11,14,17H,4-6H2,1-3H3,(H,28,29)/b27-25-/t11?,14-,17-/m0/s1. The van der Waals surface area contributed by atoms with E-state index in [2.05, 4.69) is 5.28 Å². The van der Waals surface area contributed by atoms with Crippen LogP contribution >= 0.6 is 11.6 Å². The normalized spacial score (nSPS) is 21.3. The van der Waals surface area contributed by atoms with E-state index in [9.17, 15) is 28.0 Å². The number of carbonyl (C=O) groups is 2. The Hall–Kier alpha value is -3.22. The molecule has 0 amide bonds. The first-order valence-electron chi connectivity index (χ1n) is 10.1. The second-order valence-electron chi connectivity index (χ2n) is 7.76. The number of fused-ring (bicyclic) bond motifs is 1. The van der Waals surface area contributed by atoms with Gasteiger partial charge in [0.1, 0.15) is 5.75 Å². The molecule has 1 saturated heterocycles. The average molecular weight is 508 g/mol. The summed E-state index contributed by atoms with van der Waals surface area (Å²) in [5.41, 5.74) is 0.276. The number of carbonyl (C=O) groups excluding carboxylic acids is 1. The first kappa shape index (κ1) is 25.4. The van der Waals surface area contributed by atoms with Gasteiger partial charge in [0, 0.05) is 17.5 Å². The fraction of sp³-hybridized carbons (Fsp3) is 0.500. The summed E-state index contributed by atoms with van der Waals surface area (Å²) >= 11 is 6.18. The molecule has 2 aliphatic heterocycles. The van der Waals surface area contributed by atoms with Gasteiger partial charge in [-0.2, -0.15) is 13.2 Å². The average Bonchev–Trinajstić information content (AvgIpc) is 3.25. The highest BCUT2D eigenvalue weighted by Crippen LogP contribution is 2.41. The third-order valence-corrected chi connectivity index (χ3v) is 5.90. The number of aryl methyl sites for hydroxylation is 1. The molecule has 0 saturated carbocycles. The molecule has 3 atom stereocenters. The summed E-state index contributed by atoms with van der Waals surface area (Å²) in [6, 6.07) is 0.247. The lowest BCUT2D eigenvalue weighted by molar-refractivity contribution is -0.714. The maximum atomic E-state index is 13.6. The van der Waals surface area contributed by atoms with Crippen LogP contribution in [0, 0.1) is 19.1 Å². The largest absolute Gasteiger partial charge is 0.569 e. The summed E-state index contributed by atoms with van der Waals surface area (Å²) in [5.74, 6) is -2.71. The predicted molar refractivity (Wildman–Crippen MR) is 109 cm³/mol. The van der Waals surface area contributed by atoms with Crippen molar-refractivity contribution >= 4 is 29.6 Å². The molecule has 0 bridgehead atoms. The zero-order valence-electron chi connectivity index (χ0n) is 18.3. The molecule has 0 spiro atoms. The minimum Gasteiger partial charge on any atom is -0.569 e. The number of hydrogen-bond donors (Lipinski definition) is 1. The van der Waals surface area contributed by atoms with Gasteiger partial charge in [-0.3, -0.25) is 4.84 Å². The van der Waals surface area contributed by atoms with Crippen molar-refractivity contribution in [2.45, 2.75) is 58.2 Å². The monoisotopic (exact) mass is 507 g/mol. The number of nitrogens with zero attached hydrogens (tertiary/aromatic N) is 3. The Bertz CT molecular complexity index is 1060. The molecule has 2 heterocycles. The number of halogens is 4. The number of carboxylic acid groups (broad SMARTS) is 1. The minimum absolute atomic E-state index is 0.0850. The van der Waals surface area contributed by atoms with Gasteiger partial charge in [-0.15, -0.1) is 5.01 Å². The summed E-state index contributed by atoms with van der Waals surface area (Å²) in [7, 11) is 0. The first-order valence-corrected chi connectivity index (χ1v) is 10.5. The van der Waals surface area contributed by atoms with Gasteiger partial charge < -0.3 is 19.8 Å². The minimum atomic E-state index is -4.94. The fourth-order valence-corrected chi connectivity index (χ4v) is 3.80. The maximum Gasteiger partial charge on any atom is 0.430 e. The van der Waals surface area contributed by atoms with Gasteiger partial charge >= 0.3 is 18.1 Å². The van der Waals surface area contributed by atoms with Crippen LogP contribution in [0.3, 0.4) is 0 Å². The predicted octanol–water partition coefficient (Wildman–Crippen LogP) is 3.91. The molecule has 0 aromatic heterocycles. The number of rotatable bonds is 6. The highest BCUT2D eigenvalue weighted by molar-refractivity contribution is 6.32. The van der Waals surface area contributed by atoms with Crippen LogP contribution in [0.15, 0.2) is 16.9 Å². The quantitative estimate of drug-likeness (QED) is 0.202. The van der Waals surface area contributed by atoms with E-state index in [0.29, 0.717) is 22.6 Å². The van der Waals surface area contributed by atoms with Crippen LogP contribution in [-0.2, 0) is 19.2 Å². The van der Waals surface area contributed by atoms with E-state index in [4.69, 9.17) is 31.0 Å². The topological polar surface area (TPSA) is 124 Å². The van der Waals surface area contributed by atoms with E-state index in [-0.39, 0.29) is 29.2 Å². The number of esters is 1. The third-order valence-electron chi connectivity index (χ3n) is 5.32. The van der Waals surface area contributed by atoms with Crippen LogP contribution in [-0.4, -0.2) is 58.2 Å². The summed E-state index contributed by atoms with van der Waals surface area (Å²) < 4.78 is 50.9. The van der Waals surface area contributed by atoms with Gasteiger partial charge in [0.15, 0.2) is 6.04 Å². The van der Waals surface area contributed by atoms with Crippen LogP contribution in [0.4, 0.5) is 13.2 Å². The number of aliphatic carboxylic acids is 1. The number of benzene rings is 1. The molecule has 1 fully saturated rings. The number of hydrogen-bond acceptors (Lipinski definition) is 7. The number of alkyl halides is 3. The van der Waals surface area contributed by atoms with E-state index < -0.39 is 42.1 Å². The lowest BCUT2D eigenvalue weighted by atomic mass is 9.96. The highest BCUT2D eigenvalue weighted by Gasteiger charge is 2.49. The fourth-order valence-electron chi connectivity index (χ4n) is 3.65. The number of carboxylic acids is 1. The zero-order chi connectivity index (χ0) is 25.4. The zero-order valence-corrected chi connectivity index (χ0v) is 19.0. The molecule has 34 heavy (non-hydrogen) atoms. The van der Waals surface area contributed by atoms with E-state index >= 15 is 0 Å². The third kappa shape index (κ3) is 5.13. The van der Waals surface area contributed by atoms with Crippen molar-refractivity contribution in [2.24, 2.45) is 5.28 Å². The van der Waals surface area contributed by atoms with Crippen LogP contribution < -0.4 is 4.74 Å². The van der Waals surface area contributed by atoms with Crippen molar-refractivity contribution in [1.82, 2.24) is 5.01 Å². The van der Waals surface area contributed by atoms with Crippen molar-refractivity contribution in [3.05, 3.63) is 38.6 Å². The highest BCUT2D eigenvalue weighted by atomic mass is 35.5. The molecule has 1 unspecified atom stereocenters. The van der Waals surface area contributed by atoms with E-state index in [1.807, 2.05) is 0 Å². The summed E-state index contributed by atoms with van der Waals surface area (Å²) in [5, 5.41) is 25.5. The Morgan fingerprint density at radius 1 is 1.41 bits per heavy atom. The van der Waals surface area contributed by atoms with Crippen LogP contribution in [0.5, 0.6) is 5.75 Å². The molecule has 1 aromatic rings. The van der Waals surface area contributed by atoms with Gasteiger partial charge in [0.2, 0.25) is 11.4 Å². The van der Waals surface area contributed by atoms with Gasteiger partial charge in [-0.1, -0.05) is 11.6 Å². The summed E-state index contributed by atoms with van der Waals surface area (Å²) in [4.78, 5) is 28.4.